The van der Waals surface area contributed by atoms with Crippen molar-refractivity contribution in [1.29, 1.82) is 0 Å². The van der Waals surface area contributed by atoms with Gasteiger partial charge in [-0.3, -0.25) is 14.4 Å². The van der Waals surface area contributed by atoms with Crippen molar-refractivity contribution in [1.82, 2.24) is 25.2 Å². The van der Waals surface area contributed by atoms with Gasteiger partial charge in [-0.1, -0.05) is 30.3 Å². The number of nitrogens with one attached hydrogen (secondary N) is 3. The van der Waals surface area contributed by atoms with E-state index < -0.39 is 47.0 Å². The number of ether oxygens (including phenoxy) is 1. The van der Waals surface area contributed by atoms with Crippen molar-refractivity contribution in [3.8, 4) is 0 Å². The molecule has 3 N–H and O–H groups in total. The van der Waals surface area contributed by atoms with Crippen molar-refractivity contribution in [2.75, 3.05) is 5.32 Å². The molecule has 0 radical (unpaired) electrons. The standard InChI is InChI=1S/C37H34F2N6O5/c1-20-23-13-15-28(25(23)12-11-24(20)36(49)50-37(2,3)4)43-35(48)31-17-29(33(46)40-19-21-10-14-26(38)27(39)16-21)42-32-18-30(44-45(31)32)34(47)41-22-8-6-5-7-9-22/h5-12,14,16-18,28H,13,15,19H2,1-4H3,(H,40,46)(H,41,47)(H,43,48)/t28-/m0/s1. The molecule has 0 fully saturated rings. The highest BCUT2D eigenvalue weighted by Crippen LogP contribution is 2.35. The fourth-order valence-electron chi connectivity index (χ4n) is 5.82. The van der Waals surface area contributed by atoms with Crippen molar-refractivity contribution in [3.63, 3.8) is 0 Å². The SMILES string of the molecule is Cc1c(C(=O)OC(C)(C)C)ccc2c1CC[C@@H]2NC(=O)c1cc(C(=O)NCc2ccc(F)c(F)c2)nc2cc(C(=O)Nc3ccccc3)nn12. The van der Waals surface area contributed by atoms with Gasteiger partial charge < -0.3 is 20.7 Å². The van der Waals surface area contributed by atoms with Crippen LogP contribution in [0.15, 0.2) is 72.8 Å². The quantitative estimate of drug-likeness (QED) is 0.174. The van der Waals surface area contributed by atoms with E-state index >= 15 is 0 Å². The van der Waals surface area contributed by atoms with Crippen LogP contribution >= 0.6 is 0 Å². The Balaban J connectivity index is 1.30. The van der Waals surface area contributed by atoms with Crippen LogP contribution in [0.2, 0.25) is 0 Å². The molecule has 11 nitrogen and oxygen atoms in total. The minimum Gasteiger partial charge on any atom is -0.456 e. The van der Waals surface area contributed by atoms with Crippen LogP contribution < -0.4 is 16.0 Å². The minimum atomic E-state index is -1.06. The molecule has 0 bridgehead atoms. The van der Waals surface area contributed by atoms with Crippen molar-refractivity contribution < 1.29 is 32.7 Å². The maximum atomic E-state index is 14.0. The van der Waals surface area contributed by atoms with Gasteiger partial charge in [-0.05, 0) is 93.1 Å². The summed E-state index contributed by atoms with van der Waals surface area (Å²) in [6.07, 6.45) is 1.16. The molecule has 2 heterocycles. The summed E-state index contributed by atoms with van der Waals surface area (Å²) in [5, 5.41) is 12.7. The number of carbonyl (C=O) groups excluding carboxylic acids is 4. The number of aromatic nitrogens is 3. The zero-order valence-corrected chi connectivity index (χ0v) is 27.8. The Hall–Kier alpha value is -5.98. The number of amides is 3. The summed E-state index contributed by atoms with van der Waals surface area (Å²) in [7, 11) is 0. The monoisotopic (exact) mass is 680 g/mol. The largest absolute Gasteiger partial charge is 0.456 e. The lowest BCUT2D eigenvalue weighted by Crippen LogP contribution is -2.31. The molecule has 6 rings (SSSR count). The van der Waals surface area contributed by atoms with E-state index in [0.717, 1.165) is 28.8 Å². The molecule has 3 amide bonds. The van der Waals surface area contributed by atoms with Crippen LogP contribution in [0, 0.1) is 18.6 Å². The Labute approximate surface area is 286 Å². The average molecular weight is 681 g/mol. The molecule has 50 heavy (non-hydrogen) atoms. The molecule has 0 spiro atoms. The number of fused-ring (bicyclic) bond motifs is 2. The maximum Gasteiger partial charge on any atom is 0.338 e. The topological polar surface area (TPSA) is 144 Å². The van der Waals surface area contributed by atoms with Crippen LogP contribution in [0.4, 0.5) is 14.5 Å². The zero-order valence-electron chi connectivity index (χ0n) is 27.8. The normalized spacial score (nSPS) is 13.8. The minimum absolute atomic E-state index is 0.0498. The van der Waals surface area contributed by atoms with E-state index in [1.54, 1.807) is 63.2 Å². The summed E-state index contributed by atoms with van der Waals surface area (Å²) in [5.74, 6) is -4.33. The van der Waals surface area contributed by atoms with Gasteiger partial charge in [0.05, 0.1) is 11.6 Å². The van der Waals surface area contributed by atoms with E-state index in [2.05, 4.69) is 26.0 Å². The molecule has 5 aromatic rings. The zero-order chi connectivity index (χ0) is 35.7. The van der Waals surface area contributed by atoms with E-state index in [4.69, 9.17) is 4.74 Å². The van der Waals surface area contributed by atoms with E-state index in [0.29, 0.717) is 29.7 Å². The second kappa shape index (κ2) is 13.5. The fraction of sp³-hybridized carbons (Fsp3) is 0.243. The van der Waals surface area contributed by atoms with Gasteiger partial charge in [0, 0.05) is 24.4 Å². The highest BCUT2D eigenvalue weighted by Gasteiger charge is 2.30. The lowest BCUT2D eigenvalue weighted by atomic mass is 9.97. The van der Waals surface area contributed by atoms with E-state index in [1.807, 2.05) is 6.92 Å². The third kappa shape index (κ3) is 7.21. The van der Waals surface area contributed by atoms with Crippen LogP contribution in [0.5, 0.6) is 0 Å². The van der Waals surface area contributed by atoms with E-state index in [9.17, 15) is 28.0 Å². The number of carbonyl (C=O) groups is 4. The Bertz CT molecular complexity index is 2160. The van der Waals surface area contributed by atoms with Gasteiger partial charge in [-0.25, -0.2) is 23.1 Å². The van der Waals surface area contributed by atoms with Gasteiger partial charge in [0.1, 0.15) is 17.0 Å². The number of rotatable bonds is 8. The fourth-order valence-corrected chi connectivity index (χ4v) is 5.82. The number of hydrogen-bond donors (Lipinski definition) is 3. The molecule has 13 heteroatoms. The predicted molar refractivity (Wildman–Crippen MR) is 180 cm³/mol. The molecule has 0 aliphatic heterocycles. The van der Waals surface area contributed by atoms with E-state index in [1.165, 1.54) is 22.7 Å². The van der Waals surface area contributed by atoms with Crippen molar-refractivity contribution in [2.24, 2.45) is 0 Å². The highest BCUT2D eigenvalue weighted by molar-refractivity contribution is 6.04. The molecule has 0 saturated heterocycles. The van der Waals surface area contributed by atoms with Gasteiger partial charge in [0.15, 0.2) is 23.0 Å². The Morgan fingerprint density at radius 1 is 0.900 bits per heavy atom. The molecular weight excluding hydrogens is 646 g/mol. The van der Waals surface area contributed by atoms with Crippen LogP contribution in [0.25, 0.3) is 5.65 Å². The molecular formula is C37H34F2N6O5. The molecule has 1 aliphatic rings. The third-order valence-corrected chi connectivity index (χ3v) is 8.21. The van der Waals surface area contributed by atoms with Crippen LogP contribution in [-0.2, 0) is 17.7 Å². The summed E-state index contributed by atoms with van der Waals surface area (Å²) in [6.45, 7) is 7.11. The van der Waals surface area contributed by atoms with Crippen LogP contribution in [0.3, 0.4) is 0 Å². The first kappa shape index (κ1) is 33.9. The summed E-state index contributed by atoms with van der Waals surface area (Å²) < 4.78 is 33.9. The third-order valence-electron chi connectivity index (χ3n) is 8.21. The molecule has 0 unspecified atom stereocenters. The van der Waals surface area contributed by atoms with Crippen molar-refractivity contribution >= 4 is 35.0 Å². The smallest absolute Gasteiger partial charge is 0.338 e. The number of halogens is 2. The van der Waals surface area contributed by atoms with Gasteiger partial charge in [-0.2, -0.15) is 5.10 Å². The lowest BCUT2D eigenvalue weighted by Gasteiger charge is -2.21. The molecule has 1 atom stereocenters. The molecule has 2 aromatic heterocycles. The van der Waals surface area contributed by atoms with Gasteiger partial charge >= 0.3 is 5.97 Å². The first-order valence-electron chi connectivity index (χ1n) is 15.9. The van der Waals surface area contributed by atoms with Gasteiger partial charge in [0.2, 0.25) is 0 Å². The second-order valence-corrected chi connectivity index (χ2v) is 13.0. The summed E-state index contributed by atoms with van der Waals surface area (Å²) in [6, 6.07) is 17.7. The Kier molecular flexibility index (Phi) is 9.15. The number of esters is 1. The van der Waals surface area contributed by atoms with Gasteiger partial charge in [-0.15, -0.1) is 0 Å². The summed E-state index contributed by atoms with van der Waals surface area (Å²) in [4.78, 5) is 57.5. The van der Waals surface area contributed by atoms with Crippen LogP contribution in [0.1, 0.15) is 97.3 Å². The number of nitrogens with zero attached hydrogens (tertiary/aromatic N) is 3. The van der Waals surface area contributed by atoms with E-state index in [-0.39, 0.29) is 29.3 Å². The Morgan fingerprint density at radius 3 is 2.38 bits per heavy atom. The highest BCUT2D eigenvalue weighted by atomic mass is 19.2. The summed E-state index contributed by atoms with van der Waals surface area (Å²) >= 11 is 0. The maximum absolute atomic E-state index is 14.0. The number of benzene rings is 3. The second-order valence-electron chi connectivity index (χ2n) is 13.0. The predicted octanol–water partition coefficient (Wildman–Crippen LogP) is 5.87. The Morgan fingerprint density at radius 2 is 1.66 bits per heavy atom. The first-order chi connectivity index (χ1) is 23.8. The first-order valence-corrected chi connectivity index (χ1v) is 15.9. The average Bonchev–Trinajstić information content (AvgIpc) is 3.69. The lowest BCUT2D eigenvalue weighted by molar-refractivity contribution is 0.00682. The molecule has 1 aliphatic carbocycles. The number of hydrogen-bond acceptors (Lipinski definition) is 7. The molecule has 0 saturated carbocycles. The van der Waals surface area contributed by atoms with Crippen molar-refractivity contribution in [2.45, 2.75) is 58.7 Å². The summed E-state index contributed by atoms with van der Waals surface area (Å²) in [5.41, 5.74) is 2.98. The van der Waals surface area contributed by atoms with Crippen LogP contribution in [-0.4, -0.2) is 43.9 Å². The van der Waals surface area contributed by atoms with Crippen molar-refractivity contribution in [3.05, 3.63) is 129 Å². The molecule has 256 valence electrons. The molecule has 3 aromatic carbocycles. The number of para-hydroxylation sites is 1. The van der Waals surface area contributed by atoms with Gasteiger partial charge in [0.25, 0.3) is 17.7 Å². The number of anilines is 1.